The van der Waals surface area contributed by atoms with Crippen LogP contribution in [0.4, 0.5) is 14.9 Å². The summed E-state index contributed by atoms with van der Waals surface area (Å²) < 4.78 is 24.3. The van der Waals surface area contributed by atoms with Gasteiger partial charge in [-0.1, -0.05) is 0 Å². The summed E-state index contributed by atoms with van der Waals surface area (Å²) in [4.78, 5) is 19.8. The standard InChI is InChI=1S/C19H16FN3O4S/c1-26-13-8-14(16(20)15(24)9-13)17(18(28-3)23-19(25)27-2)22-12-6-4-11(10-21)5-7-12/h4-9,24H,1-3H3/b22-17+,23-18-. The molecule has 0 heterocycles. The molecule has 0 bridgehead atoms. The van der Waals surface area contributed by atoms with Gasteiger partial charge in [-0.05, 0) is 36.6 Å². The number of carbonyl (C=O) groups is 1. The van der Waals surface area contributed by atoms with Gasteiger partial charge in [0.1, 0.15) is 16.5 Å². The second-order valence-electron chi connectivity index (χ2n) is 5.22. The number of hydrogen-bond acceptors (Lipinski definition) is 7. The lowest BCUT2D eigenvalue weighted by molar-refractivity contribution is 0.183. The highest BCUT2D eigenvalue weighted by molar-refractivity contribution is 8.15. The van der Waals surface area contributed by atoms with E-state index in [1.807, 2.05) is 6.07 Å². The Balaban J connectivity index is 2.74. The zero-order valence-electron chi connectivity index (χ0n) is 15.3. The fraction of sp³-hybridized carbons (Fsp3) is 0.158. The number of amides is 1. The van der Waals surface area contributed by atoms with Gasteiger partial charge in [-0.3, -0.25) is 0 Å². The summed E-state index contributed by atoms with van der Waals surface area (Å²) in [6.45, 7) is 0. The number of benzene rings is 2. The number of nitriles is 1. The van der Waals surface area contributed by atoms with Gasteiger partial charge in [0.25, 0.3) is 0 Å². The molecule has 0 spiro atoms. The molecule has 0 aliphatic rings. The van der Waals surface area contributed by atoms with E-state index in [9.17, 15) is 14.3 Å². The van der Waals surface area contributed by atoms with Gasteiger partial charge in [0.2, 0.25) is 0 Å². The molecule has 0 aliphatic heterocycles. The van der Waals surface area contributed by atoms with Crippen LogP contribution in [0.5, 0.6) is 11.5 Å². The van der Waals surface area contributed by atoms with Crippen LogP contribution >= 0.6 is 11.8 Å². The summed E-state index contributed by atoms with van der Waals surface area (Å²) in [5, 5.41) is 18.9. The van der Waals surface area contributed by atoms with Crippen molar-refractivity contribution >= 4 is 34.3 Å². The highest BCUT2D eigenvalue weighted by atomic mass is 32.2. The topological polar surface area (TPSA) is 104 Å². The average molecular weight is 401 g/mol. The van der Waals surface area contributed by atoms with Crippen molar-refractivity contribution in [2.45, 2.75) is 0 Å². The van der Waals surface area contributed by atoms with Crippen molar-refractivity contribution in [3.05, 3.63) is 53.3 Å². The number of carbonyl (C=O) groups excluding carboxylic acids is 1. The number of halogens is 1. The van der Waals surface area contributed by atoms with Crippen molar-refractivity contribution in [2.75, 3.05) is 20.5 Å². The lowest BCUT2D eigenvalue weighted by atomic mass is 10.1. The Kier molecular flexibility index (Phi) is 7.12. The van der Waals surface area contributed by atoms with E-state index < -0.39 is 17.7 Å². The molecule has 2 aromatic rings. The third kappa shape index (κ3) is 4.86. The Morgan fingerprint density at radius 3 is 2.46 bits per heavy atom. The van der Waals surface area contributed by atoms with Crippen LogP contribution in [-0.4, -0.2) is 42.4 Å². The molecule has 2 aromatic carbocycles. The van der Waals surface area contributed by atoms with Crippen LogP contribution in [0.25, 0.3) is 0 Å². The molecule has 0 unspecified atom stereocenters. The van der Waals surface area contributed by atoms with Crippen molar-refractivity contribution in [3.8, 4) is 17.6 Å². The first-order valence-electron chi connectivity index (χ1n) is 7.80. The number of nitrogens with zero attached hydrogens (tertiary/aromatic N) is 3. The van der Waals surface area contributed by atoms with Crippen molar-refractivity contribution < 1.29 is 23.8 Å². The first-order chi connectivity index (χ1) is 13.4. The van der Waals surface area contributed by atoms with E-state index in [1.165, 1.54) is 20.3 Å². The predicted octanol–water partition coefficient (Wildman–Crippen LogP) is 4.06. The molecule has 0 fully saturated rings. The molecular formula is C19H16FN3O4S. The maximum Gasteiger partial charge on any atom is 0.434 e. The third-order valence-corrected chi connectivity index (χ3v) is 4.19. The van der Waals surface area contributed by atoms with E-state index >= 15 is 0 Å². The van der Waals surface area contributed by atoms with Gasteiger partial charge in [0, 0.05) is 11.6 Å². The van der Waals surface area contributed by atoms with E-state index in [2.05, 4.69) is 14.7 Å². The number of methoxy groups -OCH3 is 2. The molecule has 144 valence electrons. The first kappa shape index (κ1) is 20.9. The number of thioether (sulfide) groups is 1. The molecule has 1 N–H and O–H groups in total. The maximum atomic E-state index is 14.7. The van der Waals surface area contributed by atoms with Crippen LogP contribution < -0.4 is 4.74 Å². The monoisotopic (exact) mass is 401 g/mol. The second kappa shape index (κ2) is 9.53. The summed E-state index contributed by atoms with van der Waals surface area (Å²) in [6, 6.07) is 10.7. The quantitative estimate of drug-likeness (QED) is 0.612. The lowest BCUT2D eigenvalue weighted by Crippen LogP contribution is -2.16. The number of phenolic OH excluding ortho intramolecular Hbond substituents is 1. The van der Waals surface area contributed by atoms with E-state index in [-0.39, 0.29) is 22.1 Å². The highest BCUT2D eigenvalue weighted by Crippen LogP contribution is 2.29. The van der Waals surface area contributed by atoms with Gasteiger partial charge in [-0.25, -0.2) is 14.2 Å². The number of rotatable bonds is 4. The number of ether oxygens (including phenoxy) is 2. The Hall–Kier alpha value is -3.38. The normalized spacial score (nSPS) is 11.7. The van der Waals surface area contributed by atoms with Crippen LogP contribution in [0.2, 0.25) is 0 Å². The van der Waals surface area contributed by atoms with Crippen LogP contribution in [0.15, 0.2) is 46.4 Å². The minimum absolute atomic E-state index is 0.00527. The van der Waals surface area contributed by atoms with Crippen molar-refractivity contribution in [3.63, 3.8) is 0 Å². The average Bonchev–Trinajstić information content (AvgIpc) is 2.72. The number of hydrogen-bond donors (Lipinski definition) is 1. The minimum Gasteiger partial charge on any atom is -0.505 e. The zero-order chi connectivity index (χ0) is 20.7. The highest BCUT2D eigenvalue weighted by Gasteiger charge is 2.21. The van der Waals surface area contributed by atoms with Gasteiger partial charge < -0.3 is 14.6 Å². The van der Waals surface area contributed by atoms with Gasteiger partial charge in [0.05, 0.1) is 31.5 Å². The number of phenols is 1. The SMILES string of the molecule is COC(=O)/N=C(SC)/C(=N/c1ccc(C#N)cc1)c1cc(OC)cc(O)c1F. The Morgan fingerprint density at radius 2 is 1.93 bits per heavy atom. The molecule has 0 saturated carbocycles. The molecule has 7 nitrogen and oxygen atoms in total. The van der Waals surface area contributed by atoms with Crippen molar-refractivity contribution in [1.82, 2.24) is 0 Å². The van der Waals surface area contributed by atoms with E-state index in [1.54, 1.807) is 30.5 Å². The molecule has 0 atom stereocenters. The van der Waals surface area contributed by atoms with Crippen LogP contribution in [0.1, 0.15) is 11.1 Å². The summed E-state index contributed by atoms with van der Waals surface area (Å²) in [7, 11) is 2.53. The summed E-state index contributed by atoms with van der Waals surface area (Å²) in [5.74, 6) is -1.39. The minimum atomic E-state index is -0.945. The third-order valence-electron chi connectivity index (χ3n) is 3.52. The van der Waals surface area contributed by atoms with Crippen LogP contribution in [0, 0.1) is 17.1 Å². The Labute approximate surface area is 165 Å². The van der Waals surface area contributed by atoms with Gasteiger partial charge in [-0.15, -0.1) is 11.8 Å². The molecular weight excluding hydrogens is 385 g/mol. The summed E-state index contributed by atoms with van der Waals surface area (Å²) in [6.07, 6.45) is 0.748. The van der Waals surface area contributed by atoms with Crippen LogP contribution in [-0.2, 0) is 4.74 Å². The fourth-order valence-electron chi connectivity index (χ4n) is 2.16. The molecule has 2 rings (SSSR count). The zero-order valence-corrected chi connectivity index (χ0v) is 16.1. The second-order valence-corrected chi connectivity index (χ2v) is 6.01. The molecule has 28 heavy (non-hydrogen) atoms. The maximum absolute atomic E-state index is 14.7. The first-order valence-corrected chi connectivity index (χ1v) is 9.02. The largest absolute Gasteiger partial charge is 0.505 e. The summed E-state index contributed by atoms with van der Waals surface area (Å²) >= 11 is 1.05. The predicted molar refractivity (Wildman–Crippen MR) is 105 cm³/mol. The van der Waals surface area contributed by atoms with Gasteiger partial charge >= 0.3 is 6.09 Å². The molecule has 0 aromatic heterocycles. The molecule has 0 radical (unpaired) electrons. The Bertz CT molecular complexity index is 982. The van der Waals surface area contributed by atoms with E-state index in [4.69, 9.17) is 10.00 Å². The van der Waals surface area contributed by atoms with Crippen molar-refractivity contribution in [1.29, 1.82) is 5.26 Å². The fourth-order valence-corrected chi connectivity index (χ4v) is 2.67. The molecule has 1 amide bonds. The number of aliphatic imine (C=N–C) groups is 2. The molecule has 0 aliphatic carbocycles. The van der Waals surface area contributed by atoms with E-state index in [0.717, 1.165) is 17.8 Å². The molecule has 0 saturated heterocycles. The van der Waals surface area contributed by atoms with E-state index in [0.29, 0.717) is 11.3 Å². The van der Waals surface area contributed by atoms with Crippen molar-refractivity contribution in [2.24, 2.45) is 9.98 Å². The molecule has 9 heteroatoms. The smallest absolute Gasteiger partial charge is 0.434 e. The summed E-state index contributed by atoms with van der Waals surface area (Å²) in [5.41, 5.74) is 0.703. The number of aromatic hydroxyl groups is 1. The van der Waals surface area contributed by atoms with Crippen LogP contribution in [0.3, 0.4) is 0 Å². The van der Waals surface area contributed by atoms with Gasteiger partial charge in [0.15, 0.2) is 11.6 Å². The Morgan fingerprint density at radius 1 is 1.25 bits per heavy atom. The van der Waals surface area contributed by atoms with Gasteiger partial charge in [-0.2, -0.15) is 10.3 Å². The lowest BCUT2D eigenvalue weighted by Gasteiger charge is -2.12.